The summed E-state index contributed by atoms with van der Waals surface area (Å²) in [5.41, 5.74) is 1.60. The zero-order valence-corrected chi connectivity index (χ0v) is 13.7. The summed E-state index contributed by atoms with van der Waals surface area (Å²) in [5.74, 6) is 1.87. The molecule has 23 heavy (non-hydrogen) atoms. The van der Waals surface area contributed by atoms with Crippen LogP contribution in [0.1, 0.15) is 11.4 Å². The minimum absolute atomic E-state index is 0.202. The molecule has 6 heteroatoms. The lowest BCUT2D eigenvalue weighted by molar-refractivity contribution is 0.414. The molecule has 4 nitrogen and oxygen atoms in total. The molecule has 0 N–H and O–H groups in total. The summed E-state index contributed by atoms with van der Waals surface area (Å²) in [5, 5.41) is 9.07. The minimum Gasteiger partial charge on any atom is -0.497 e. The number of nitrogens with zero attached hydrogens (tertiary/aromatic N) is 3. The molecule has 1 heterocycles. The lowest BCUT2D eigenvalue weighted by atomic mass is 10.2. The normalized spacial score (nSPS) is 10.7. The SMILES string of the molecule is COc1ccc(-n2c(C)nnc2SCc2ccccc2F)cc1. The Kier molecular flexibility index (Phi) is 4.62. The van der Waals surface area contributed by atoms with Gasteiger partial charge in [-0.3, -0.25) is 4.57 Å². The predicted octanol–water partition coefficient (Wildman–Crippen LogP) is 4.02. The zero-order valence-electron chi connectivity index (χ0n) is 12.9. The summed E-state index contributed by atoms with van der Waals surface area (Å²) in [7, 11) is 1.63. The Morgan fingerprint density at radius 2 is 1.83 bits per heavy atom. The highest BCUT2D eigenvalue weighted by Crippen LogP contribution is 2.26. The molecule has 0 radical (unpaired) electrons. The second kappa shape index (κ2) is 6.83. The fraction of sp³-hybridized carbons (Fsp3) is 0.176. The van der Waals surface area contributed by atoms with Crippen molar-refractivity contribution in [3.63, 3.8) is 0 Å². The van der Waals surface area contributed by atoms with Crippen molar-refractivity contribution in [1.82, 2.24) is 14.8 Å². The fourth-order valence-corrected chi connectivity index (χ4v) is 3.21. The van der Waals surface area contributed by atoms with E-state index in [1.165, 1.54) is 17.8 Å². The van der Waals surface area contributed by atoms with Gasteiger partial charge in [0.15, 0.2) is 5.16 Å². The Labute approximate surface area is 138 Å². The van der Waals surface area contributed by atoms with E-state index < -0.39 is 0 Å². The second-order valence-corrected chi connectivity index (χ2v) is 5.89. The first-order valence-electron chi connectivity index (χ1n) is 7.11. The molecule has 0 saturated carbocycles. The van der Waals surface area contributed by atoms with Crippen molar-refractivity contribution in [3.8, 4) is 11.4 Å². The van der Waals surface area contributed by atoms with Crippen LogP contribution < -0.4 is 4.74 Å². The molecule has 3 aromatic rings. The van der Waals surface area contributed by atoms with E-state index in [0.29, 0.717) is 11.3 Å². The van der Waals surface area contributed by atoms with Gasteiger partial charge in [-0.15, -0.1) is 10.2 Å². The molecule has 0 bridgehead atoms. The molecule has 3 rings (SSSR count). The number of aryl methyl sites for hydroxylation is 1. The molecule has 0 unspecified atom stereocenters. The van der Waals surface area contributed by atoms with Gasteiger partial charge in [0.25, 0.3) is 0 Å². The lowest BCUT2D eigenvalue weighted by Gasteiger charge is -2.09. The average molecular weight is 329 g/mol. The van der Waals surface area contributed by atoms with E-state index in [0.717, 1.165) is 22.4 Å². The van der Waals surface area contributed by atoms with E-state index >= 15 is 0 Å². The van der Waals surface area contributed by atoms with Gasteiger partial charge < -0.3 is 4.74 Å². The Hall–Kier alpha value is -2.34. The van der Waals surface area contributed by atoms with Gasteiger partial charge in [-0.1, -0.05) is 30.0 Å². The Morgan fingerprint density at radius 1 is 1.09 bits per heavy atom. The van der Waals surface area contributed by atoms with Crippen molar-refractivity contribution in [3.05, 3.63) is 65.7 Å². The van der Waals surface area contributed by atoms with Gasteiger partial charge in [-0.05, 0) is 42.8 Å². The van der Waals surface area contributed by atoms with Gasteiger partial charge in [0.1, 0.15) is 17.4 Å². The Bertz CT molecular complexity index is 802. The summed E-state index contributed by atoms with van der Waals surface area (Å²) in [6.07, 6.45) is 0. The molecule has 0 aliphatic rings. The molecule has 118 valence electrons. The third kappa shape index (κ3) is 3.37. The first kappa shape index (κ1) is 15.6. The van der Waals surface area contributed by atoms with E-state index in [2.05, 4.69) is 10.2 Å². The summed E-state index contributed by atoms with van der Waals surface area (Å²) < 4.78 is 20.9. The first-order chi connectivity index (χ1) is 11.2. The predicted molar refractivity (Wildman–Crippen MR) is 88.6 cm³/mol. The van der Waals surface area contributed by atoms with Crippen LogP contribution in [0.3, 0.4) is 0 Å². The van der Waals surface area contributed by atoms with E-state index in [4.69, 9.17) is 4.74 Å². The van der Waals surface area contributed by atoms with Crippen molar-refractivity contribution in [2.45, 2.75) is 17.8 Å². The smallest absolute Gasteiger partial charge is 0.196 e. The summed E-state index contributed by atoms with van der Waals surface area (Å²) in [4.78, 5) is 0. The van der Waals surface area contributed by atoms with Crippen LogP contribution in [-0.4, -0.2) is 21.9 Å². The fourth-order valence-electron chi connectivity index (χ4n) is 2.22. The van der Waals surface area contributed by atoms with Crippen LogP contribution in [0.2, 0.25) is 0 Å². The average Bonchev–Trinajstić information content (AvgIpc) is 2.95. The van der Waals surface area contributed by atoms with E-state index in [9.17, 15) is 4.39 Å². The quantitative estimate of drug-likeness (QED) is 0.663. The molecular formula is C17H16FN3OS. The van der Waals surface area contributed by atoms with Gasteiger partial charge in [0.2, 0.25) is 0 Å². The Balaban J connectivity index is 1.85. The van der Waals surface area contributed by atoms with Crippen molar-refractivity contribution in [1.29, 1.82) is 0 Å². The Morgan fingerprint density at radius 3 is 2.52 bits per heavy atom. The topological polar surface area (TPSA) is 39.9 Å². The number of methoxy groups -OCH3 is 1. The van der Waals surface area contributed by atoms with Crippen LogP contribution in [-0.2, 0) is 5.75 Å². The van der Waals surface area contributed by atoms with Crippen LogP contribution in [0.15, 0.2) is 53.7 Å². The number of halogens is 1. The van der Waals surface area contributed by atoms with Crippen LogP contribution in [0.4, 0.5) is 4.39 Å². The van der Waals surface area contributed by atoms with Crippen LogP contribution in [0.25, 0.3) is 5.69 Å². The van der Waals surface area contributed by atoms with Crippen LogP contribution in [0, 0.1) is 12.7 Å². The summed E-state index contributed by atoms with van der Waals surface area (Å²) in [6.45, 7) is 1.89. The number of rotatable bonds is 5. The standard InChI is InChI=1S/C17H16FN3OS/c1-12-19-20-17(23-11-13-5-3-4-6-16(13)18)21(12)14-7-9-15(22-2)10-8-14/h3-10H,11H2,1-2H3. The molecule has 0 atom stereocenters. The highest BCUT2D eigenvalue weighted by atomic mass is 32.2. The zero-order chi connectivity index (χ0) is 16.2. The monoisotopic (exact) mass is 329 g/mol. The number of ether oxygens (including phenoxy) is 1. The molecular weight excluding hydrogens is 313 g/mol. The maximum Gasteiger partial charge on any atom is 0.196 e. The maximum atomic E-state index is 13.7. The van der Waals surface area contributed by atoms with E-state index in [1.807, 2.05) is 41.8 Å². The number of hydrogen-bond acceptors (Lipinski definition) is 4. The highest BCUT2D eigenvalue weighted by Gasteiger charge is 2.12. The van der Waals surface area contributed by atoms with Gasteiger partial charge in [-0.2, -0.15) is 0 Å². The van der Waals surface area contributed by atoms with E-state index in [-0.39, 0.29) is 5.82 Å². The largest absolute Gasteiger partial charge is 0.497 e. The molecule has 0 saturated heterocycles. The molecule has 1 aromatic heterocycles. The van der Waals surface area contributed by atoms with Gasteiger partial charge in [-0.25, -0.2) is 4.39 Å². The minimum atomic E-state index is -0.202. The maximum absolute atomic E-state index is 13.7. The molecule has 2 aromatic carbocycles. The van der Waals surface area contributed by atoms with Crippen LogP contribution >= 0.6 is 11.8 Å². The third-order valence-corrected chi connectivity index (χ3v) is 4.42. The van der Waals surface area contributed by atoms with Crippen molar-refractivity contribution < 1.29 is 9.13 Å². The number of benzene rings is 2. The highest BCUT2D eigenvalue weighted by molar-refractivity contribution is 7.98. The van der Waals surface area contributed by atoms with Gasteiger partial charge in [0, 0.05) is 11.4 Å². The number of aromatic nitrogens is 3. The number of hydrogen-bond donors (Lipinski definition) is 0. The summed E-state index contributed by atoms with van der Waals surface area (Å²) in [6, 6.07) is 14.4. The van der Waals surface area contributed by atoms with Crippen molar-refractivity contribution in [2.75, 3.05) is 7.11 Å². The summed E-state index contributed by atoms with van der Waals surface area (Å²) >= 11 is 1.46. The van der Waals surface area contributed by atoms with Crippen molar-refractivity contribution >= 4 is 11.8 Å². The van der Waals surface area contributed by atoms with Gasteiger partial charge in [0.05, 0.1) is 7.11 Å². The molecule has 0 aliphatic carbocycles. The van der Waals surface area contributed by atoms with Gasteiger partial charge >= 0.3 is 0 Å². The van der Waals surface area contributed by atoms with E-state index in [1.54, 1.807) is 19.2 Å². The first-order valence-corrected chi connectivity index (χ1v) is 8.10. The molecule has 0 fully saturated rings. The second-order valence-electron chi connectivity index (χ2n) is 4.94. The molecule has 0 aliphatic heterocycles. The third-order valence-electron chi connectivity index (χ3n) is 3.44. The molecule has 0 amide bonds. The number of thioether (sulfide) groups is 1. The lowest BCUT2D eigenvalue weighted by Crippen LogP contribution is -1.99. The molecule has 0 spiro atoms. The van der Waals surface area contributed by atoms with Crippen molar-refractivity contribution in [2.24, 2.45) is 0 Å². The van der Waals surface area contributed by atoms with Crippen LogP contribution in [0.5, 0.6) is 5.75 Å².